The van der Waals surface area contributed by atoms with Crippen LogP contribution in [0.1, 0.15) is 12.0 Å². The first-order chi connectivity index (χ1) is 10.1. The molecule has 2 N–H and O–H groups in total. The lowest BCUT2D eigenvalue weighted by molar-refractivity contribution is -0.124. The number of hydrogen-bond acceptors (Lipinski definition) is 4. The number of ether oxygens (including phenoxy) is 2. The third kappa shape index (κ3) is 3.22. The van der Waals surface area contributed by atoms with E-state index in [1.807, 2.05) is 12.1 Å². The van der Waals surface area contributed by atoms with Gasteiger partial charge >= 0.3 is 0 Å². The third-order valence-corrected chi connectivity index (χ3v) is 4.16. The average Bonchev–Trinajstić information content (AvgIpc) is 2.91. The van der Waals surface area contributed by atoms with Crippen LogP contribution in [0, 0.1) is 0 Å². The maximum Gasteiger partial charge on any atom is 0.246 e. The first-order valence-electron chi connectivity index (χ1n) is 6.95. The molecule has 0 radical (unpaired) electrons. The first kappa shape index (κ1) is 14.4. The van der Waals surface area contributed by atoms with Crippen LogP contribution in [0.3, 0.4) is 0 Å². The lowest BCUT2D eigenvalue weighted by Gasteiger charge is -2.20. The molecule has 6 heteroatoms. The van der Waals surface area contributed by atoms with E-state index >= 15 is 0 Å². The summed E-state index contributed by atoms with van der Waals surface area (Å²) in [6.07, 6.45) is 4.24. The molecule has 1 saturated heterocycles. The SMILES string of the molecule is NC1CCN(C(=O)C=Cc2cc(Br)c3c(c2)OCCO3)C1. The fourth-order valence-corrected chi connectivity index (χ4v) is 3.06. The number of fused-ring (bicyclic) bond motifs is 1. The molecule has 1 unspecified atom stereocenters. The number of rotatable bonds is 2. The molecule has 0 spiro atoms. The van der Waals surface area contributed by atoms with Gasteiger partial charge in [-0.15, -0.1) is 0 Å². The second kappa shape index (κ2) is 6.07. The van der Waals surface area contributed by atoms with Crippen molar-refractivity contribution in [2.45, 2.75) is 12.5 Å². The summed E-state index contributed by atoms with van der Waals surface area (Å²) in [5, 5.41) is 0. The first-order valence-corrected chi connectivity index (χ1v) is 7.74. The number of nitrogens with two attached hydrogens (primary N) is 1. The summed E-state index contributed by atoms with van der Waals surface area (Å²) in [6, 6.07) is 3.89. The van der Waals surface area contributed by atoms with Gasteiger partial charge in [0.05, 0.1) is 4.47 Å². The van der Waals surface area contributed by atoms with Gasteiger partial charge in [-0.1, -0.05) is 0 Å². The highest BCUT2D eigenvalue weighted by molar-refractivity contribution is 9.10. The number of halogens is 1. The average molecular weight is 353 g/mol. The lowest BCUT2D eigenvalue weighted by Crippen LogP contribution is -2.30. The summed E-state index contributed by atoms with van der Waals surface area (Å²) < 4.78 is 11.9. The predicted octanol–water partition coefficient (Wildman–Crippen LogP) is 1.79. The Hall–Kier alpha value is -1.53. The molecule has 0 bridgehead atoms. The number of benzene rings is 1. The smallest absolute Gasteiger partial charge is 0.246 e. The Balaban J connectivity index is 1.74. The number of carbonyl (C=O) groups is 1. The van der Waals surface area contributed by atoms with Gasteiger partial charge in [-0.3, -0.25) is 4.79 Å². The Labute approximate surface area is 131 Å². The zero-order valence-corrected chi connectivity index (χ0v) is 13.1. The number of amides is 1. The third-order valence-electron chi connectivity index (χ3n) is 3.57. The largest absolute Gasteiger partial charge is 0.486 e. The van der Waals surface area contributed by atoms with Crippen molar-refractivity contribution < 1.29 is 14.3 Å². The van der Waals surface area contributed by atoms with Crippen LogP contribution >= 0.6 is 15.9 Å². The van der Waals surface area contributed by atoms with E-state index in [2.05, 4.69) is 15.9 Å². The molecule has 112 valence electrons. The minimum atomic E-state index is -0.00559. The molecule has 1 atom stereocenters. The van der Waals surface area contributed by atoms with Crippen LogP contribution in [-0.2, 0) is 4.79 Å². The molecule has 1 aromatic carbocycles. The lowest BCUT2D eigenvalue weighted by atomic mass is 10.1. The predicted molar refractivity (Wildman–Crippen MR) is 83.3 cm³/mol. The van der Waals surface area contributed by atoms with Gasteiger partial charge in [0.1, 0.15) is 13.2 Å². The highest BCUT2D eigenvalue weighted by atomic mass is 79.9. The fraction of sp³-hybridized carbons (Fsp3) is 0.400. The van der Waals surface area contributed by atoms with E-state index in [-0.39, 0.29) is 11.9 Å². The molecular weight excluding hydrogens is 336 g/mol. The van der Waals surface area contributed by atoms with Crippen molar-refractivity contribution in [1.29, 1.82) is 0 Å². The quantitative estimate of drug-likeness (QED) is 0.824. The van der Waals surface area contributed by atoms with Crippen LogP contribution in [0.25, 0.3) is 6.08 Å². The molecule has 1 aromatic rings. The van der Waals surface area contributed by atoms with Crippen LogP contribution in [0.5, 0.6) is 11.5 Å². The number of nitrogens with zero attached hydrogens (tertiary/aromatic N) is 1. The Morgan fingerprint density at radius 1 is 1.38 bits per heavy atom. The van der Waals surface area contributed by atoms with Crippen molar-refractivity contribution in [2.24, 2.45) is 5.73 Å². The second-order valence-corrected chi connectivity index (χ2v) is 6.05. The topological polar surface area (TPSA) is 64.8 Å². The summed E-state index contributed by atoms with van der Waals surface area (Å²) in [5.41, 5.74) is 6.70. The molecule has 21 heavy (non-hydrogen) atoms. The van der Waals surface area contributed by atoms with Gasteiger partial charge in [-0.05, 0) is 46.1 Å². The van der Waals surface area contributed by atoms with E-state index in [4.69, 9.17) is 15.2 Å². The highest BCUT2D eigenvalue weighted by Gasteiger charge is 2.22. The van der Waals surface area contributed by atoms with E-state index in [0.29, 0.717) is 25.5 Å². The van der Waals surface area contributed by atoms with Crippen LogP contribution in [0.2, 0.25) is 0 Å². The molecular formula is C15H17BrN2O3. The molecule has 0 aromatic heterocycles. The maximum atomic E-state index is 12.1. The fourth-order valence-electron chi connectivity index (χ4n) is 2.49. The van der Waals surface area contributed by atoms with Crippen molar-refractivity contribution in [3.8, 4) is 11.5 Å². The van der Waals surface area contributed by atoms with E-state index in [1.165, 1.54) is 0 Å². The standard InChI is InChI=1S/C15H17BrN2O3/c16-12-7-10(8-13-15(12)21-6-5-20-13)1-2-14(19)18-4-3-11(17)9-18/h1-2,7-8,11H,3-6,9,17H2. The van der Waals surface area contributed by atoms with Crippen LogP contribution in [0.4, 0.5) is 0 Å². The van der Waals surface area contributed by atoms with Gasteiger partial charge in [-0.2, -0.15) is 0 Å². The van der Waals surface area contributed by atoms with Crippen molar-refractivity contribution >= 4 is 27.9 Å². The van der Waals surface area contributed by atoms with Gasteiger partial charge in [0.15, 0.2) is 11.5 Å². The van der Waals surface area contributed by atoms with Crippen molar-refractivity contribution in [3.63, 3.8) is 0 Å². The van der Waals surface area contributed by atoms with Crippen LogP contribution in [0.15, 0.2) is 22.7 Å². The molecule has 0 aliphatic carbocycles. The Morgan fingerprint density at radius 2 is 2.19 bits per heavy atom. The summed E-state index contributed by atoms with van der Waals surface area (Å²) >= 11 is 3.46. The Morgan fingerprint density at radius 3 is 2.95 bits per heavy atom. The maximum absolute atomic E-state index is 12.1. The Bertz CT molecular complexity index is 589. The number of carbonyl (C=O) groups excluding carboxylic acids is 1. The minimum Gasteiger partial charge on any atom is -0.486 e. The molecule has 1 amide bonds. The van der Waals surface area contributed by atoms with Crippen molar-refractivity contribution in [3.05, 3.63) is 28.2 Å². The molecule has 1 fully saturated rings. The molecule has 0 saturated carbocycles. The van der Waals surface area contributed by atoms with Crippen LogP contribution in [-0.4, -0.2) is 43.2 Å². The normalized spacial score (nSPS) is 21.0. The Kier molecular flexibility index (Phi) is 4.17. The van der Waals surface area contributed by atoms with Gasteiger partial charge < -0.3 is 20.1 Å². The summed E-state index contributed by atoms with van der Waals surface area (Å²) in [5.74, 6) is 1.41. The van der Waals surface area contributed by atoms with E-state index in [9.17, 15) is 4.79 Å². The summed E-state index contributed by atoms with van der Waals surface area (Å²) in [4.78, 5) is 13.8. The van der Waals surface area contributed by atoms with E-state index in [1.54, 1.807) is 17.1 Å². The van der Waals surface area contributed by atoms with Gasteiger partial charge in [0.25, 0.3) is 0 Å². The summed E-state index contributed by atoms with van der Waals surface area (Å²) in [6.45, 7) is 2.45. The van der Waals surface area contributed by atoms with E-state index in [0.717, 1.165) is 28.8 Å². The van der Waals surface area contributed by atoms with Crippen molar-refractivity contribution in [2.75, 3.05) is 26.3 Å². The molecule has 2 aliphatic heterocycles. The van der Waals surface area contributed by atoms with E-state index < -0.39 is 0 Å². The minimum absolute atomic E-state index is 0.00559. The van der Waals surface area contributed by atoms with Gasteiger partial charge in [0.2, 0.25) is 5.91 Å². The zero-order valence-electron chi connectivity index (χ0n) is 11.5. The van der Waals surface area contributed by atoms with Gasteiger partial charge in [0, 0.05) is 25.2 Å². The number of hydrogen-bond donors (Lipinski definition) is 1. The second-order valence-electron chi connectivity index (χ2n) is 5.19. The monoisotopic (exact) mass is 352 g/mol. The molecule has 5 nitrogen and oxygen atoms in total. The molecule has 3 rings (SSSR count). The highest BCUT2D eigenvalue weighted by Crippen LogP contribution is 2.38. The number of likely N-dealkylation sites (tertiary alicyclic amines) is 1. The summed E-state index contributed by atoms with van der Waals surface area (Å²) in [7, 11) is 0. The van der Waals surface area contributed by atoms with Gasteiger partial charge in [-0.25, -0.2) is 0 Å². The van der Waals surface area contributed by atoms with Crippen molar-refractivity contribution in [1.82, 2.24) is 4.90 Å². The zero-order chi connectivity index (χ0) is 14.8. The molecule has 2 aliphatic rings. The van der Waals surface area contributed by atoms with Crippen LogP contribution < -0.4 is 15.2 Å². The molecule has 2 heterocycles.